The van der Waals surface area contributed by atoms with Gasteiger partial charge in [0.25, 0.3) is 0 Å². The summed E-state index contributed by atoms with van der Waals surface area (Å²) in [4.78, 5) is 17.4. The van der Waals surface area contributed by atoms with Crippen LogP contribution in [0.5, 0.6) is 0 Å². The number of hydrogen-bond acceptors (Lipinski definition) is 2. The molecule has 2 atom stereocenters. The van der Waals surface area contributed by atoms with Gasteiger partial charge in [0.2, 0.25) is 5.91 Å². The number of likely N-dealkylation sites (N-methyl/N-ethyl adjacent to an activating group) is 1. The topological polar surface area (TPSA) is 23.6 Å². The lowest BCUT2D eigenvalue weighted by molar-refractivity contribution is -0.140. The fourth-order valence-electron chi connectivity index (χ4n) is 3.40. The zero-order chi connectivity index (χ0) is 14.7. The van der Waals surface area contributed by atoms with Crippen molar-refractivity contribution in [1.29, 1.82) is 0 Å². The highest BCUT2D eigenvalue weighted by atomic mass is 16.2. The van der Waals surface area contributed by atoms with Gasteiger partial charge in [-0.05, 0) is 31.9 Å². The molecule has 2 aliphatic rings. The predicted molar refractivity (Wildman–Crippen MR) is 84.9 cm³/mol. The van der Waals surface area contributed by atoms with Gasteiger partial charge in [-0.1, -0.05) is 42.5 Å². The van der Waals surface area contributed by atoms with Crippen molar-refractivity contribution in [3.8, 4) is 0 Å². The molecule has 112 valence electrons. The highest BCUT2D eigenvalue weighted by Crippen LogP contribution is 2.29. The Kier molecular flexibility index (Phi) is 4.39. The maximum atomic E-state index is 12.9. The molecule has 1 fully saturated rings. The number of carbonyl (C=O) groups is 1. The summed E-state index contributed by atoms with van der Waals surface area (Å²) < 4.78 is 0. The number of piperazine rings is 1. The van der Waals surface area contributed by atoms with Crippen LogP contribution >= 0.6 is 0 Å². The van der Waals surface area contributed by atoms with E-state index >= 15 is 0 Å². The average molecular weight is 284 g/mol. The standard InChI is InChI=1S/C18H24N2O/c1-19-12-13-20(18(21)16-10-6-3-7-11-16)17(14-19)15-8-4-2-5-9-15/h2-6,8-9,16-17H,7,10-14H2,1H3. The maximum Gasteiger partial charge on any atom is 0.226 e. The van der Waals surface area contributed by atoms with Gasteiger partial charge in [-0.3, -0.25) is 4.79 Å². The molecule has 1 aliphatic heterocycles. The van der Waals surface area contributed by atoms with Gasteiger partial charge in [-0.15, -0.1) is 0 Å². The third-order valence-electron chi connectivity index (χ3n) is 4.67. The Labute approximate surface area is 127 Å². The number of carbonyl (C=O) groups excluding carboxylic acids is 1. The Balaban J connectivity index is 1.80. The molecule has 1 amide bonds. The van der Waals surface area contributed by atoms with Gasteiger partial charge >= 0.3 is 0 Å². The summed E-state index contributed by atoms with van der Waals surface area (Å²) in [5, 5.41) is 0. The van der Waals surface area contributed by atoms with Crippen molar-refractivity contribution < 1.29 is 4.79 Å². The van der Waals surface area contributed by atoms with E-state index in [1.165, 1.54) is 5.56 Å². The highest BCUT2D eigenvalue weighted by Gasteiger charge is 2.33. The zero-order valence-corrected chi connectivity index (χ0v) is 12.7. The van der Waals surface area contributed by atoms with E-state index < -0.39 is 0 Å². The Bertz CT molecular complexity index is 511. The predicted octanol–water partition coefficient (Wildman–Crippen LogP) is 2.86. The first-order valence-corrected chi connectivity index (χ1v) is 7.94. The molecular formula is C18H24N2O. The van der Waals surface area contributed by atoms with Gasteiger partial charge in [0.1, 0.15) is 0 Å². The van der Waals surface area contributed by atoms with Crippen LogP contribution in [0.15, 0.2) is 42.5 Å². The van der Waals surface area contributed by atoms with Crippen molar-refractivity contribution in [3.05, 3.63) is 48.0 Å². The molecule has 0 spiro atoms. The van der Waals surface area contributed by atoms with E-state index in [0.717, 1.165) is 38.9 Å². The quantitative estimate of drug-likeness (QED) is 0.780. The first-order chi connectivity index (χ1) is 10.3. The summed E-state index contributed by atoms with van der Waals surface area (Å²) in [6.45, 7) is 2.74. The monoisotopic (exact) mass is 284 g/mol. The van der Waals surface area contributed by atoms with Gasteiger partial charge < -0.3 is 9.80 Å². The third kappa shape index (κ3) is 3.18. The average Bonchev–Trinajstić information content (AvgIpc) is 2.56. The Morgan fingerprint density at radius 1 is 1.14 bits per heavy atom. The van der Waals surface area contributed by atoms with Crippen molar-refractivity contribution in [1.82, 2.24) is 9.80 Å². The fraction of sp³-hybridized carbons (Fsp3) is 0.500. The largest absolute Gasteiger partial charge is 0.333 e. The Morgan fingerprint density at radius 3 is 2.67 bits per heavy atom. The van der Waals surface area contributed by atoms with Gasteiger partial charge in [0, 0.05) is 25.6 Å². The summed E-state index contributed by atoms with van der Waals surface area (Å²) in [6, 6.07) is 10.7. The molecule has 1 aromatic carbocycles. The lowest BCUT2D eigenvalue weighted by Gasteiger charge is -2.42. The number of nitrogens with zero attached hydrogens (tertiary/aromatic N) is 2. The van der Waals surface area contributed by atoms with E-state index in [1.807, 2.05) is 6.07 Å². The molecular weight excluding hydrogens is 260 g/mol. The first kappa shape index (κ1) is 14.3. The van der Waals surface area contributed by atoms with Gasteiger partial charge in [0.05, 0.1) is 6.04 Å². The fourth-order valence-corrected chi connectivity index (χ4v) is 3.40. The van der Waals surface area contributed by atoms with Crippen LogP contribution in [-0.2, 0) is 4.79 Å². The molecule has 1 heterocycles. The Hall–Kier alpha value is -1.61. The van der Waals surface area contributed by atoms with Crippen LogP contribution in [0.4, 0.5) is 0 Å². The third-order valence-corrected chi connectivity index (χ3v) is 4.67. The summed E-state index contributed by atoms with van der Waals surface area (Å²) in [6.07, 6.45) is 7.32. The molecule has 3 heteroatoms. The van der Waals surface area contributed by atoms with E-state index in [2.05, 4.69) is 53.3 Å². The number of benzene rings is 1. The zero-order valence-electron chi connectivity index (χ0n) is 12.7. The van der Waals surface area contributed by atoms with Crippen molar-refractivity contribution >= 4 is 5.91 Å². The molecule has 1 saturated heterocycles. The highest BCUT2D eigenvalue weighted by molar-refractivity contribution is 5.80. The number of allylic oxidation sites excluding steroid dienone is 2. The molecule has 0 bridgehead atoms. The maximum absolute atomic E-state index is 12.9. The van der Waals surface area contributed by atoms with Crippen molar-refractivity contribution in [2.45, 2.75) is 25.3 Å². The number of rotatable bonds is 2. The van der Waals surface area contributed by atoms with Gasteiger partial charge in [-0.25, -0.2) is 0 Å². The van der Waals surface area contributed by atoms with E-state index in [9.17, 15) is 4.79 Å². The summed E-state index contributed by atoms with van der Waals surface area (Å²) >= 11 is 0. The molecule has 1 aromatic rings. The van der Waals surface area contributed by atoms with Crippen LogP contribution in [0.1, 0.15) is 30.9 Å². The first-order valence-electron chi connectivity index (χ1n) is 7.94. The second-order valence-corrected chi connectivity index (χ2v) is 6.20. The van der Waals surface area contributed by atoms with Crippen LogP contribution in [0, 0.1) is 5.92 Å². The van der Waals surface area contributed by atoms with Crippen LogP contribution in [-0.4, -0.2) is 42.4 Å². The second kappa shape index (κ2) is 6.44. The molecule has 21 heavy (non-hydrogen) atoms. The van der Waals surface area contributed by atoms with Crippen LogP contribution in [0.2, 0.25) is 0 Å². The molecule has 0 aromatic heterocycles. The van der Waals surface area contributed by atoms with E-state index in [4.69, 9.17) is 0 Å². The van der Waals surface area contributed by atoms with Crippen LogP contribution < -0.4 is 0 Å². The Morgan fingerprint density at radius 2 is 1.95 bits per heavy atom. The summed E-state index contributed by atoms with van der Waals surface area (Å²) in [5.41, 5.74) is 1.25. The number of hydrogen-bond donors (Lipinski definition) is 0. The number of amides is 1. The lowest BCUT2D eigenvalue weighted by atomic mass is 9.91. The minimum atomic E-state index is 0.185. The molecule has 0 N–H and O–H groups in total. The van der Waals surface area contributed by atoms with Crippen LogP contribution in [0.3, 0.4) is 0 Å². The van der Waals surface area contributed by atoms with E-state index in [1.54, 1.807) is 0 Å². The minimum absolute atomic E-state index is 0.185. The summed E-state index contributed by atoms with van der Waals surface area (Å²) in [5.74, 6) is 0.533. The molecule has 1 aliphatic carbocycles. The molecule has 0 saturated carbocycles. The minimum Gasteiger partial charge on any atom is -0.333 e. The molecule has 0 radical (unpaired) electrons. The van der Waals surface area contributed by atoms with Crippen LogP contribution in [0.25, 0.3) is 0 Å². The van der Waals surface area contributed by atoms with Gasteiger partial charge in [0.15, 0.2) is 0 Å². The molecule has 3 nitrogen and oxygen atoms in total. The lowest BCUT2D eigenvalue weighted by Crippen LogP contribution is -2.51. The van der Waals surface area contributed by atoms with Crippen molar-refractivity contribution in [3.63, 3.8) is 0 Å². The molecule has 3 rings (SSSR count). The SMILES string of the molecule is CN1CCN(C(=O)C2CC=CCC2)C(c2ccccc2)C1. The van der Waals surface area contributed by atoms with E-state index in [-0.39, 0.29) is 12.0 Å². The van der Waals surface area contributed by atoms with Crippen molar-refractivity contribution in [2.24, 2.45) is 5.92 Å². The second-order valence-electron chi connectivity index (χ2n) is 6.20. The smallest absolute Gasteiger partial charge is 0.226 e. The molecule has 2 unspecified atom stereocenters. The normalized spacial score (nSPS) is 26.8. The van der Waals surface area contributed by atoms with Gasteiger partial charge in [-0.2, -0.15) is 0 Å². The van der Waals surface area contributed by atoms with E-state index in [0.29, 0.717) is 5.91 Å². The van der Waals surface area contributed by atoms with Crippen molar-refractivity contribution in [2.75, 3.05) is 26.7 Å². The summed E-state index contributed by atoms with van der Waals surface area (Å²) in [7, 11) is 2.14.